The van der Waals surface area contributed by atoms with Crippen LogP contribution in [-0.4, -0.2) is 41.1 Å². The number of nitrogens with zero attached hydrogens (tertiary/aromatic N) is 1. The monoisotopic (exact) mass is 263 g/mol. The van der Waals surface area contributed by atoms with Gasteiger partial charge in [-0.15, -0.1) is 0 Å². The molecule has 0 aromatic carbocycles. The number of hydrogen-bond donors (Lipinski definition) is 1. The average molecular weight is 264 g/mol. The van der Waals surface area contributed by atoms with E-state index in [1.807, 2.05) is 0 Å². The van der Waals surface area contributed by atoms with Crippen LogP contribution in [0, 0.1) is 0 Å². The molecule has 0 amide bonds. The first kappa shape index (κ1) is 12.5. The van der Waals surface area contributed by atoms with Crippen LogP contribution in [0.5, 0.6) is 0 Å². The van der Waals surface area contributed by atoms with Crippen molar-refractivity contribution in [1.82, 2.24) is 4.90 Å². The molecule has 3 heteroatoms. The van der Waals surface area contributed by atoms with E-state index in [-0.39, 0.29) is 0 Å². The summed E-state index contributed by atoms with van der Waals surface area (Å²) in [5.41, 5.74) is 0. The van der Waals surface area contributed by atoms with Gasteiger partial charge in [0.05, 0.1) is 6.61 Å². The zero-order chi connectivity index (χ0) is 10.2. The van der Waals surface area contributed by atoms with E-state index in [2.05, 4.69) is 20.8 Å². The topological polar surface area (TPSA) is 23.5 Å². The Hall–Kier alpha value is 0.400. The third-order valence-corrected chi connectivity index (χ3v) is 3.62. The summed E-state index contributed by atoms with van der Waals surface area (Å²) in [7, 11) is 0. The van der Waals surface area contributed by atoms with E-state index < -0.39 is 0 Å². The minimum atomic E-state index is 0.314. The second-order valence-electron chi connectivity index (χ2n) is 4.09. The SMILES string of the molecule is OCCN(CCCCCBr)C1CCC1. The predicted molar refractivity (Wildman–Crippen MR) is 63.9 cm³/mol. The molecule has 0 aromatic heterocycles. The van der Waals surface area contributed by atoms with Gasteiger partial charge in [0.1, 0.15) is 0 Å². The van der Waals surface area contributed by atoms with Crippen LogP contribution in [0.15, 0.2) is 0 Å². The minimum absolute atomic E-state index is 0.314. The number of unbranched alkanes of at least 4 members (excludes halogenated alkanes) is 2. The van der Waals surface area contributed by atoms with E-state index in [0.717, 1.165) is 17.9 Å². The second-order valence-corrected chi connectivity index (χ2v) is 4.89. The molecule has 14 heavy (non-hydrogen) atoms. The highest BCUT2D eigenvalue weighted by atomic mass is 79.9. The molecule has 1 N–H and O–H groups in total. The Morgan fingerprint density at radius 2 is 1.93 bits per heavy atom. The number of aliphatic hydroxyl groups excluding tert-OH is 1. The van der Waals surface area contributed by atoms with Crippen LogP contribution in [0.1, 0.15) is 38.5 Å². The molecule has 84 valence electrons. The summed E-state index contributed by atoms with van der Waals surface area (Å²) in [5, 5.41) is 10.1. The maximum atomic E-state index is 8.96. The Morgan fingerprint density at radius 1 is 1.14 bits per heavy atom. The lowest BCUT2D eigenvalue weighted by Crippen LogP contribution is -2.42. The van der Waals surface area contributed by atoms with Crippen molar-refractivity contribution in [2.75, 3.05) is 25.0 Å². The van der Waals surface area contributed by atoms with Crippen LogP contribution in [0.2, 0.25) is 0 Å². The number of aliphatic hydroxyl groups is 1. The summed E-state index contributed by atoms with van der Waals surface area (Å²) < 4.78 is 0. The molecule has 0 atom stereocenters. The van der Waals surface area contributed by atoms with E-state index in [0.29, 0.717) is 6.61 Å². The van der Waals surface area contributed by atoms with Crippen molar-refractivity contribution in [3.63, 3.8) is 0 Å². The van der Waals surface area contributed by atoms with Crippen molar-refractivity contribution in [1.29, 1.82) is 0 Å². The van der Waals surface area contributed by atoms with E-state index in [9.17, 15) is 0 Å². The van der Waals surface area contributed by atoms with Gasteiger partial charge < -0.3 is 5.11 Å². The van der Waals surface area contributed by atoms with Gasteiger partial charge in [-0.25, -0.2) is 0 Å². The van der Waals surface area contributed by atoms with Crippen LogP contribution in [0.4, 0.5) is 0 Å². The van der Waals surface area contributed by atoms with Crippen molar-refractivity contribution in [3.8, 4) is 0 Å². The first-order valence-electron chi connectivity index (χ1n) is 5.79. The fourth-order valence-corrected chi connectivity index (χ4v) is 2.34. The van der Waals surface area contributed by atoms with Gasteiger partial charge in [0.25, 0.3) is 0 Å². The summed E-state index contributed by atoms with van der Waals surface area (Å²) in [6, 6.07) is 0.783. The van der Waals surface area contributed by atoms with Crippen LogP contribution in [0.25, 0.3) is 0 Å². The molecule has 1 saturated carbocycles. The zero-order valence-corrected chi connectivity index (χ0v) is 10.5. The van der Waals surface area contributed by atoms with Crippen LogP contribution in [0.3, 0.4) is 0 Å². The molecule has 0 aromatic rings. The fraction of sp³-hybridized carbons (Fsp3) is 1.00. The van der Waals surface area contributed by atoms with Crippen molar-refractivity contribution >= 4 is 15.9 Å². The standard InChI is InChI=1S/C11H22BrNO/c12-7-2-1-3-8-13(9-10-14)11-5-4-6-11/h11,14H,1-10H2. The Bertz CT molecular complexity index is 139. The minimum Gasteiger partial charge on any atom is -0.395 e. The average Bonchev–Trinajstić information content (AvgIpc) is 2.10. The zero-order valence-electron chi connectivity index (χ0n) is 8.92. The first-order valence-corrected chi connectivity index (χ1v) is 6.91. The normalized spacial score (nSPS) is 17.4. The van der Waals surface area contributed by atoms with Gasteiger partial charge in [-0.1, -0.05) is 28.8 Å². The molecule has 0 aliphatic heterocycles. The molecule has 0 heterocycles. The van der Waals surface area contributed by atoms with Crippen LogP contribution >= 0.6 is 15.9 Å². The lowest BCUT2D eigenvalue weighted by molar-refractivity contribution is 0.0996. The number of hydrogen-bond acceptors (Lipinski definition) is 2. The summed E-state index contributed by atoms with van der Waals surface area (Å²) in [4.78, 5) is 2.47. The smallest absolute Gasteiger partial charge is 0.0558 e. The summed E-state index contributed by atoms with van der Waals surface area (Å²) in [5.74, 6) is 0. The van der Waals surface area contributed by atoms with Crippen LogP contribution in [-0.2, 0) is 0 Å². The maximum Gasteiger partial charge on any atom is 0.0558 e. The van der Waals surface area contributed by atoms with Gasteiger partial charge in [-0.2, -0.15) is 0 Å². The van der Waals surface area contributed by atoms with Gasteiger partial charge in [-0.05, 0) is 32.2 Å². The molecule has 1 aliphatic rings. The molecule has 1 aliphatic carbocycles. The Kier molecular flexibility index (Phi) is 6.82. The molecule has 0 unspecified atom stereocenters. The molecule has 0 radical (unpaired) electrons. The molecule has 1 fully saturated rings. The van der Waals surface area contributed by atoms with Gasteiger partial charge >= 0.3 is 0 Å². The van der Waals surface area contributed by atoms with E-state index in [1.54, 1.807) is 0 Å². The molecule has 2 nitrogen and oxygen atoms in total. The quantitative estimate of drug-likeness (QED) is 0.537. The Labute approximate surface area is 95.8 Å². The largest absolute Gasteiger partial charge is 0.395 e. The molecule has 0 bridgehead atoms. The van der Waals surface area contributed by atoms with Crippen molar-refractivity contribution in [2.45, 2.75) is 44.6 Å². The van der Waals surface area contributed by atoms with Gasteiger partial charge in [0, 0.05) is 17.9 Å². The molecule has 0 spiro atoms. The van der Waals surface area contributed by atoms with E-state index in [4.69, 9.17) is 5.11 Å². The maximum absolute atomic E-state index is 8.96. The van der Waals surface area contributed by atoms with Gasteiger partial charge in [0.2, 0.25) is 0 Å². The third-order valence-electron chi connectivity index (χ3n) is 3.06. The Morgan fingerprint density at radius 3 is 2.43 bits per heavy atom. The fourth-order valence-electron chi connectivity index (χ4n) is 1.94. The predicted octanol–water partition coefficient (Wildman–Crippen LogP) is 2.40. The molecular formula is C11H22BrNO. The summed E-state index contributed by atoms with van der Waals surface area (Å²) in [6.07, 6.45) is 7.94. The highest BCUT2D eigenvalue weighted by Crippen LogP contribution is 2.24. The van der Waals surface area contributed by atoms with Gasteiger partial charge in [0.15, 0.2) is 0 Å². The third kappa shape index (κ3) is 4.28. The second kappa shape index (κ2) is 7.66. The Balaban J connectivity index is 2.08. The highest BCUT2D eigenvalue weighted by Gasteiger charge is 2.23. The van der Waals surface area contributed by atoms with E-state index >= 15 is 0 Å². The summed E-state index contributed by atoms with van der Waals surface area (Å²) in [6.45, 7) is 2.37. The lowest BCUT2D eigenvalue weighted by atomic mass is 9.91. The van der Waals surface area contributed by atoms with E-state index in [1.165, 1.54) is 45.1 Å². The van der Waals surface area contributed by atoms with Crippen LogP contribution < -0.4 is 0 Å². The first-order chi connectivity index (χ1) is 6.88. The van der Waals surface area contributed by atoms with Crippen molar-refractivity contribution in [3.05, 3.63) is 0 Å². The number of rotatable bonds is 8. The van der Waals surface area contributed by atoms with Crippen molar-refractivity contribution < 1.29 is 5.11 Å². The highest BCUT2D eigenvalue weighted by molar-refractivity contribution is 9.09. The van der Waals surface area contributed by atoms with Gasteiger partial charge in [-0.3, -0.25) is 4.90 Å². The van der Waals surface area contributed by atoms with Crippen molar-refractivity contribution in [2.24, 2.45) is 0 Å². The molecule has 1 rings (SSSR count). The molecule has 0 saturated heterocycles. The number of halogens is 1. The number of alkyl halides is 1. The lowest BCUT2D eigenvalue weighted by Gasteiger charge is -2.37. The molecular weight excluding hydrogens is 242 g/mol. The summed E-state index contributed by atoms with van der Waals surface area (Å²) >= 11 is 3.45.